The van der Waals surface area contributed by atoms with Crippen LogP contribution in [0.25, 0.3) is 0 Å². The predicted molar refractivity (Wildman–Crippen MR) is 102 cm³/mol. The molecule has 0 fully saturated rings. The predicted octanol–water partition coefficient (Wildman–Crippen LogP) is 4.80. The fraction of sp³-hybridized carbons (Fsp3) is 0.278. The number of thiocarbonyl (C=S) groups is 1. The van der Waals surface area contributed by atoms with E-state index < -0.39 is 0 Å². The molecule has 0 spiro atoms. The number of thioether (sulfide) groups is 1. The standard InChI is InChI=1S/C18H22N2S2/c1-4-15-7-5-6-8-17(15)19-18(21)20(2)13-14-9-11-16(22-3)12-10-14/h5-12H,4,13H2,1-3H3,(H,19,21). The third kappa shape index (κ3) is 4.49. The average molecular weight is 331 g/mol. The highest BCUT2D eigenvalue weighted by atomic mass is 32.2. The van der Waals surface area contributed by atoms with Crippen LogP contribution in [0.4, 0.5) is 5.69 Å². The van der Waals surface area contributed by atoms with E-state index in [2.05, 4.69) is 65.9 Å². The van der Waals surface area contributed by atoms with Gasteiger partial charge in [0.25, 0.3) is 0 Å². The van der Waals surface area contributed by atoms with Crippen LogP contribution >= 0.6 is 24.0 Å². The van der Waals surface area contributed by atoms with E-state index in [1.807, 2.05) is 13.1 Å². The number of nitrogens with zero attached hydrogens (tertiary/aromatic N) is 1. The molecule has 0 amide bonds. The molecule has 2 aromatic carbocycles. The zero-order valence-electron chi connectivity index (χ0n) is 13.3. The van der Waals surface area contributed by atoms with Gasteiger partial charge in [0.2, 0.25) is 0 Å². The van der Waals surface area contributed by atoms with Gasteiger partial charge < -0.3 is 10.2 Å². The first kappa shape index (κ1) is 16.8. The summed E-state index contributed by atoms with van der Waals surface area (Å²) in [4.78, 5) is 3.35. The molecule has 0 aromatic heterocycles. The molecule has 0 saturated heterocycles. The van der Waals surface area contributed by atoms with E-state index in [0.717, 1.165) is 23.8 Å². The van der Waals surface area contributed by atoms with Crippen molar-refractivity contribution < 1.29 is 0 Å². The van der Waals surface area contributed by atoms with Crippen LogP contribution in [0.15, 0.2) is 53.4 Å². The first-order valence-electron chi connectivity index (χ1n) is 7.37. The highest BCUT2D eigenvalue weighted by Gasteiger charge is 2.07. The Morgan fingerprint density at radius 3 is 2.45 bits per heavy atom. The zero-order valence-corrected chi connectivity index (χ0v) is 14.9. The topological polar surface area (TPSA) is 15.3 Å². The molecule has 0 aliphatic heterocycles. The number of benzene rings is 2. The van der Waals surface area contributed by atoms with Crippen molar-refractivity contribution in [3.05, 3.63) is 59.7 Å². The minimum atomic E-state index is 0.745. The Morgan fingerprint density at radius 2 is 1.82 bits per heavy atom. The van der Waals surface area contributed by atoms with Crippen molar-refractivity contribution in [2.24, 2.45) is 0 Å². The third-order valence-corrected chi connectivity index (χ3v) is 4.72. The summed E-state index contributed by atoms with van der Waals surface area (Å²) < 4.78 is 0. The van der Waals surface area contributed by atoms with Gasteiger partial charge in [-0.25, -0.2) is 0 Å². The van der Waals surface area contributed by atoms with E-state index >= 15 is 0 Å². The summed E-state index contributed by atoms with van der Waals surface area (Å²) in [6.07, 6.45) is 3.08. The molecular formula is C18H22N2S2. The smallest absolute Gasteiger partial charge is 0.173 e. The van der Waals surface area contributed by atoms with Crippen LogP contribution in [0.5, 0.6) is 0 Å². The number of hydrogen-bond donors (Lipinski definition) is 1. The van der Waals surface area contributed by atoms with E-state index in [9.17, 15) is 0 Å². The second-order valence-corrected chi connectivity index (χ2v) is 6.41. The Hall–Kier alpha value is -1.52. The molecule has 2 rings (SSSR count). The van der Waals surface area contributed by atoms with Crippen LogP contribution in [0.2, 0.25) is 0 Å². The van der Waals surface area contributed by atoms with Crippen LogP contribution < -0.4 is 5.32 Å². The lowest BCUT2D eigenvalue weighted by atomic mass is 10.1. The van der Waals surface area contributed by atoms with Gasteiger partial charge in [0.05, 0.1) is 0 Å². The van der Waals surface area contributed by atoms with Gasteiger partial charge in [-0.05, 0) is 54.2 Å². The molecule has 0 heterocycles. The molecule has 0 atom stereocenters. The van der Waals surface area contributed by atoms with Gasteiger partial charge in [-0.2, -0.15) is 0 Å². The van der Waals surface area contributed by atoms with Crippen molar-refractivity contribution in [3.63, 3.8) is 0 Å². The first-order chi connectivity index (χ1) is 10.6. The normalized spacial score (nSPS) is 10.3. The minimum Gasteiger partial charge on any atom is -0.348 e. The summed E-state index contributed by atoms with van der Waals surface area (Å²) in [6, 6.07) is 16.9. The van der Waals surface area contributed by atoms with Crippen molar-refractivity contribution >= 4 is 34.8 Å². The zero-order chi connectivity index (χ0) is 15.9. The van der Waals surface area contributed by atoms with Crippen LogP contribution in [-0.4, -0.2) is 23.3 Å². The van der Waals surface area contributed by atoms with Crippen molar-refractivity contribution in [1.82, 2.24) is 4.90 Å². The third-order valence-electron chi connectivity index (χ3n) is 3.57. The van der Waals surface area contributed by atoms with Gasteiger partial charge in [0.15, 0.2) is 5.11 Å². The van der Waals surface area contributed by atoms with E-state index in [4.69, 9.17) is 12.2 Å². The van der Waals surface area contributed by atoms with Gasteiger partial charge in [0.1, 0.15) is 0 Å². The van der Waals surface area contributed by atoms with Crippen molar-refractivity contribution in [2.45, 2.75) is 24.8 Å². The Balaban J connectivity index is 1.99. The number of aryl methyl sites for hydroxylation is 1. The second-order valence-electron chi connectivity index (χ2n) is 5.14. The highest BCUT2D eigenvalue weighted by Crippen LogP contribution is 2.18. The van der Waals surface area contributed by atoms with Gasteiger partial charge in [0, 0.05) is 24.2 Å². The molecule has 116 valence electrons. The largest absolute Gasteiger partial charge is 0.348 e. The number of nitrogens with one attached hydrogen (secondary N) is 1. The molecule has 2 nitrogen and oxygen atoms in total. The number of rotatable bonds is 5. The first-order valence-corrected chi connectivity index (χ1v) is 9.00. The van der Waals surface area contributed by atoms with Gasteiger partial charge >= 0.3 is 0 Å². The molecule has 0 aliphatic carbocycles. The summed E-state index contributed by atoms with van der Waals surface area (Å²) in [5.74, 6) is 0. The lowest BCUT2D eigenvalue weighted by Gasteiger charge is -2.22. The highest BCUT2D eigenvalue weighted by molar-refractivity contribution is 7.98. The SMILES string of the molecule is CCc1ccccc1NC(=S)N(C)Cc1ccc(SC)cc1. The van der Waals surface area contributed by atoms with Gasteiger partial charge in [-0.3, -0.25) is 0 Å². The maximum atomic E-state index is 5.52. The van der Waals surface area contributed by atoms with Crippen LogP contribution in [0.3, 0.4) is 0 Å². The van der Waals surface area contributed by atoms with Gasteiger partial charge in [-0.15, -0.1) is 11.8 Å². The Labute approximate surface area is 142 Å². The lowest BCUT2D eigenvalue weighted by molar-refractivity contribution is 0.508. The van der Waals surface area contributed by atoms with Crippen LogP contribution in [0, 0.1) is 0 Å². The summed E-state index contributed by atoms with van der Waals surface area (Å²) in [5, 5.41) is 4.10. The van der Waals surface area contributed by atoms with E-state index in [1.165, 1.54) is 16.0 Å². The fourth-order valence-electron chi connectivity index (χ4n) is 2.24. The monoisotopic (exact) mass is 330 g/mol. The summed E-state index contributed by atoms with van der Waals surface area (Å²) in [6.45, 7) is 2.95. The maximum Gasteiger partial charge on any atom is 0.173 e. The van der Waals surface area contributed by atoms with Crippen molar-refractivity contribution in [1.29, 1.82) is 0 Å². The van der Waals surface area contributed by atoms with Crippen LogP contribution in [0.1, 0.15) is 18.1 Å². The Morgan fingerprint density at radius 1 is 1.14 bits per heavy atom. The molecular weight excluding hydrogens is 308 g/mol. The van der Waals surface area contributed by atoms with Crippen molar-refractivity contribution in [3.8, 4) is 0 Å². The maximum absolute atomic E-state index is 5.52. The summed E-state index contributed by atoms with van der Waals surface area (Å²) >= 11 is 7.28. The molecule has 0 radical (unpaired) electrons. The molecule has 0 saturated carbocycles. The van der Waals surface area contributed by atoms with Crippen LogP contribution in [-0.2, 0) is 13.0 Å². The van der Waals surface area contributed by atoms with E-state index in [-0.39, 0.29) is 0 Å². The quantitative estimate of drug-likeness (QED) is 0.625. The molecule has 0 aliphatic rings. The summed E-state index contributed by atoms with van der Waals surface area (Å²) in [7, 11) is 2.02. The van der Waals surface area contributed by atoms with Gasteiger partial charge in [-0.1, -0.05) is 37.3 Å². The van der Waals surface area contributed by atoms with Crippen molar-refractivity contribution in [2.75, 3.05) is 18.6 Å². The van der Waals surface area contributed by atoms with E-state index in [0.29, 0.717) is 0 Å². The number of anilines is 1. The lowest BCUT2D eigenvalue weighted by Crippen LogP contribution is -2.30. The van der Waals surface area contributed by atoms with E-state index in [1.54, 1.807) is 11.8 Å². The average Bonchev–Trinajstić information content (AvgIpc) is 2.56. The number of para-hydroxylation sites is 1. The molecule has 0 unspecified atom stereocenters. The molecule has 2 aromatic rings. The fourth-order valence-corrected chi connectivity index (χ4v) is 2.82. The second kappa shape index (κ2) is 8.20. The molecule has 22 heavy (non-hydrogen) atoms. The molecule has 0 bridgehead atoms. The molecule has 1 N–H and O–H groups in total. The molecule has 4 heteroatoms. The minimum absolute atomic E-state index is 0.745. The number of hydrogen-bond acceptors (Lipinski definition) is 2. The Bertz CT molecular complexity index is 623. The summed E-state index contributed by atoms with van der Waals surface area (Å²) in [5.41, 5.74) is 3.63. The Kier molecular flexibility index (Phi) is 6.28.